The third-order valence-electron chi connectivity index (χ3n) is 3.87. The number of guanidine groups is 1. The Kier molecular flexibility index (Phi) is 6.37. The number of aromatic amines is 1. The van der Waals surface area contributed by atoms with E-state index < -0.39 is 0 Å². The number of hydrogen-bond donors (Lipinski definition) is 3. The fourth-order valence-corrected chi connectivity index (χ4v) is 3.11. The Bertz CT molecular complexity index is 885. The number of aryl methyl sites for hydroxylation is 1. The van der Waals surface area contributed by atoms with Gasteiger partial charge in [0.2, 0.25) is 0 Å². The summed E-state index contributed by atoms with van der Waals surface area (Å²) in [6.45, 7) is 3.27. The lowest BCUT2D eigenvalue weighted by Gasteiger charge is -2.09. The summed E-state index contributed by atoms with van der Waals surface area (Å²) in [4.78, 5) is 13.2. The molecule has 142 valence electrons. The molecular weight excluding hydrogens is 362 g/mol. The van der Waals surface area contributed by atoms with Gasteiger partial charge in [0.1, 0.15) is 11.6 Å². The molecule has 0 aliphatic carbocycles. The van der Waals surface area contributed by atoms with Crippen molar-refractivity contribution < 1.29 is 4.74 Å². The topological polar surface area (TPSA) is 100 Å². The Morgan fingerprint density at radius 1 is 1.22 bits per heavy atom. The van der Waals surface area contributed by atoms with Crippen molar-refractivity contribution in [1.29, 1.82) is 0 Å². The predicted octanol–water partition coefficient (Wildman–Crippen LogP) is 2.15. The molecule has 0 atom stereocenters. The van der Waals surface area contributed by atoms with E-state index >= 15 is 0 Å². The standard InChI is InChI=1S/C18H23N7OS/c1-12-22-14(11-27-12)8-9-20-18(19-2)21-10-16-23-17(25-24-16)13-4-6-15(26-3)7-5-13/h4-7,11H,8-10H2,1-3H3,(H2,19,20,21)(H,23,24,25). The van der Waals surface area contributed by atoms with Gasteiger partial charge in [0.25, 0.3) is 0 Å². The van der Waals surface area contributed by atoms with Crippen molar-refractivity contribution in [1.82, 2.24) is 30.8 Å². The Balaban J connectivity index is 1.48. The van der Waals surface area contributed by atoms with E-state index in [2.05, 4.69) is 41.2 Å². The number of aliphatic imine (C=N–C) groups is 1. The van der Waals surface area contributed by atoms with Gasteiger partial charge < -0.3 is 15.4 Å². The number of rotatable bonds is 7. The van der Waals surface area contributed by atoms with Crippen LogP contribution in [0.5, 0.6) is 5.75 Å². The lowest BCUT2D eigenvalue weighted by atomic mass is 10.2. The van der Waals surface area contributed by atoms with Crippen molar-refractivity contribution in [2.24, 2.45) is 4.99 Å². The number of nitrogens with zero attached hydrogens (tertiary/aromatic N) is 4. The van der Waals surface area contributed by atoms with Gasteiger partial charge in [0, 0.05) is 31.0 Å². The quantitative estimate of drug-likeness (QED) is 0.426. The van der Waals surface area contributed by atoms with E-state index in [-0.39, 0.29) is 0 Å². The molecule has 0 amide bonds. The summed E-state index contributed by atoms with van der Waals surface area (Å²) < 4.78 is 5.17. The number of nitrogens with one attached hydrogen (secondary N) is 3. The summed E-state index contributed by atoms with van der Waals surface area (Å²) in [5.74, 6) is 2.90. The summed E-state index contributed by atoms with van der Waals surface area (Å²) in [5.41, 5.74) is 2.03. The normalized spacial score (nSPS) is 11.4. The average molecular weight is 385 g/mol. The summed E-state index contributed by atoms with van der Waals surface area (Å²) in [5, 5.41) is 16.9. The van der Waals surface area contributed by atoms with Crippen molar-refractivity contribution in [3.05, 3.63) is 46.2 Å². The van der Waals surface area contributed by atoms with Crippen LogP contribution in [0.25, 0.3) is 11.4 Å². The maximum absolute atomic E-state index is 5.17. The Morgan fingerprint density at radius 3 is 2.70 bits per heavy atom. The van der Waals surface area contributed by atoms with Crippen LogP contribution >= 0.6 is 11.3 Å². The molecule has 3 N–H and O–H groups in total. The van der Waals surface area contributed by atoms with Gasteiger partial charge >= 0.3 is 0 Å². The molecule has 2 heterocycles. The van der Waals surface area contributed by atoms with Gasteiger partial charge in [-0.1, -0.05) is 0 Å². The highest BCUT2D eigenvalue weighted by atomic mass is 32.1. The van der Waals surface area contributed by atoms with E-state index in [4.69, 9.17) is 4.74 Å². The molecule has 8 nitrogen and oxygen atoms in total. The SMILES string of the molecule is CN=C(NCCc1csc(C)n1)NCc1nc(-c2ccc(OC)cc2)n[nH]1. The van der Waals surface area contributed by atoms with Crippen LogP contribution in [0.1, 0.15) is 16.5 Å². The highest BCUT2D eigenvalue weighted by Crippen LogP contribution is 2.18. The van der Waals surface area contributed by atoms with Gasteiger partial charge in [-0.05, 0) is 31.2 Å². The van der Waals surface area contributed by atoms with E-state index in [0.29, 0.717) is 18.3 Å². The molecular formula is C18H23N7OS. The number of aromatic nitrogens is 4. The van der Waals surface area contributed by atoms with Gasteiger partial charge in [-0.25, -0.2) is 9.97 Å². The third-order valence-corrected chi connectivity index (χ3v) is 4.69. The zero-order valence-electron chi connectivity index (χ0n) is 15.6. The van der Waals surface area contributed by atoms with Gasteiger partial charge in [0.05, 0.1) is 24.4 Å². The summed E-state index contributed by atoms with van der Waals surface area (Å²) in [7, 11) is 3.38. The molecule has 1 aromatic carbocycles. The summed E-state index contributed by atoms with van der Waals surface area (Å²) >= 11 is 1.67. The van der Waals surface area contributed by atoms with Crippen LogP contribution in [0.4, 0.5) is 0 Å². The maximum atomic E-state index is 5.17. The van der Waals surface area contributed by atoms with Crippen molar-refractivity contribution in [3.63, 3.8) is 0 Å². The largest absolute Gasteiger partial charge is 0.497 e. The zero-order valence-corrected chi connectivity index (χ0v) is 16.4. The third kappa shape index (κ3) is 5.27. The second-order valence-electron chi connectivity index (χ2n) is 5.79. The van der Waals surface area contributed by atoms with Gasteiger partial charge in [-0.15, -0.1) is 11.3 Å². The smallest absolute Gasteiger partial charge is 0.191 e. The molecule has 0 unspecified atom stereocenters. The van der Waals surface area contributed by atoms with Crippen LogP contribution in [0, 0.1) is 6.92 Å². The number of ether oxygens (including phenoxy) is 1. The lowest BCUT2D eigenvalue weighted by Crippen LogP contribution is -2.38. The van der Waals surface area contributed by atoms with E-state index in [1.54, 1.807) is 25.5 Å². The molecule has 0 aliphatic heterocycles. The first kappa shape index (κ1) is 18.8. The second-order valence-corrected chi connectivity index (χ2v) is 6.86. The van der Waals surface area contributed by atoms with Crippen LogP contribution in [-0.4, -0.2) is 46.8 Å². The van der Waals surface area contributed by atoms with Crippen LogP contribution < -0.4 is 15.4 Å². The molecule has 3 rings (SSSR count). The molecule has 0 saturated heterocycles. The minimum atomic E-state index is 0.499. The van der Waals surface area contributed by atoms with E-state index in [9.17, 15) is 0 Å². The highest BCUT2D eigenvalue weighted by molar-refractivity contribution is 7.09. The lowest BCUT2D eigenvalue weighted by molar-refractivity contribution is 0.415. The Morgan fingerprint density at radius 2 is 2.04 bits per heavy atom. The van der Waals surface area contributed by atoms with Crippen molar-refractivity contribution in [2.75, 3.05) is 20.7 Å². The molecule has 9 heteroatoms. The first-order valence-corrected chi connectivity index (χ1v) is 9.47. The monoisotopic (exact) mass is 385 g/mol. The maximum Gasteiger partial charge on any atom is 0.191 e. The van der Waals surface area contributed by atoms with E-state index in [1.807, 2.05) is 31.2 Å². The predicted molar refractivity (Wildman–Crippen MR) is 107 cm³/mol. The molecule has 3 aromatic rings. The highest BCUT2D eigenvalue weighted by Gasteiger charge is 2.07. The molecule has 0 aliphatic rings. The molecule has 0 fully saturated rings. The van der Waals surface area contributed by atoms with Crippen molar-refractivity contribution in [2.45, 2.75) is 19.9 Å². The minimum absolute atomic E-state index is 0.499. The molecule has 27 heavy (non-hydrogen) atoms. The van der Waals surface area contributed by atoms with Crippen molar-refractivity contribution in [3.8, 4) is 17.1 Å². The number of thiazole rings is 1. The fourth-order valence-electron chi connectivity index (χ4n) is 2.46. The number of H-pyrrole nitrogens is 1. The Labute approximate surface area is 162 Å². The number of benzene rings is 1. The molecule has 0 bridgehead atoms. The van der Waals surface area contributed by atoms with Gasteiger partial charge in [0.15, 0.2) is 11.8 Å². The van der Waals surface area contributed by atoms with Gasteiger partial charge in [-0.2, -0.15) is 5.10 Å². The first-order chi connectivity index (χ1) is 13.2. The fraction of sp³-hybridized carbons (Fsp3) is 0.333. The first-order valence-electron chi connectivity index (χ1n) is 8.59. The second kappa shape index (κ2) is 9.13. The van der Waals surface area contributed by atoms with Crippen LogP contribution in [-0.2, 0) is 13.0 Å². The molecule has 0 radical (unpaired) electrons. The van der Waals surface area contributed by atoms with E-state index in [0.717, 1.165) is 40.8 Å². The Hall–Kier alpha value is -2.94. The summed E-state index contributed by atoms with van der Waals surface area (Å²) in [6.07, 6.45) is 0.856. The number of hydrogen-bond acceptors (Lipinski definition) is 6. The zero-order chi connectivity index (χ0) is 19.1. The molecule has 0 saturated carbocycles. The number of methoxy groups -OCH3 is 1. The van der Waals surface area contributed by atoms with E-state index in [1.165, 1.54) is 0 Å². The van der Waals surface area contributed by atoms with Crippen LogP contribution in [0.15, 0.2) is 34.6 Å². The van der Waals surface area contributed by atoms with Crippen molar-refractivity contribution >= 4 is 17.3 Å². The van der Waals surface area contributed by atoms with Crippen LogP contribution in [0.3, 0.4) is 0 Å². The average Bonchev–Trinajstić information content (AvgIpc) is 3.33. The summed E-state index contributed by atoms with van der Waals surface area (Å²) in [6, 6.07) is 7.64. The molecule has 0 spiro atoms. The van der Waals surface area contributed by atoms with Gasteiger partial charge in [-0.3, -0.25) is 10.1 Å². The van der Waals surface area contributed by atoms with Crippen LogP contribution in [0.2, 0.25) is 0 Å². The minimum Gasteiger partial charge on any atom is -0.497 e. The molecule has 2 aromatic heterocycles.